The molecule has 8 heteroatoms. The minimum atomic E-state index is -0.362. The summed E-state index contributed by atoms with van der Waals surface area (Å²) >= 11 is 0. The highest BCUT2D eigenvalue weighted by Gasteiger charge is 2.24. The standard InChI is InChI=1S/C24H25N5O3/c1-14-3-6-16(23(30)28-17-7-8-17)11-19(14)22-26-13-20(21(25)29-22)24(31)27-12-15-4-9-18(32-2)10-5-15/h3-6,9-11,13,17H,7-8,12H2,1-2H3,(H,27,31)(H,28,30)(H2,25,26,29). The highest BCUT2D eigenvalue weighted by Crippen LogP contribution is 2.24. The van der Waals surface area contributed by atoms with Gasteiger partial charge in [-0.05, 0) is 55.2 Å². The summed E-state index contributed by atoms with van der Waals surface area (Å²) < 4.78 is 5.13. The zero-order chi connectivity index (χ0) is 22.7. The van der Waals surface area contributed by atoms with Gasteiger partial charge in [-0.15, -0.1) is 0 Å². The van der Waals surface area contributed by atoms with Crippen LogP contribution in [0.1, 0.15) is 44.7 Å². The van der Waals surface area contributed by atoms with E-state index in [2.05, 4.69) is 20.6 Å². The third-order valence-electron chi connectivity index (χ3n) is 5.33. The maximum absolute atomic E-state index is 12.6. The Kier molecular flexibility index (Phi) is 6.02. The van der Waals surface area contributed by atoms with Gasteiger partial charge in [0.25, 0.3) is 11.8 Å². The number of hydrogen-bond donors (Lipinski definition) is 3. The zero-order valence-corrected chi connectivity index (χ0v) is 18.0. The number of anilines is 1. The summed E-state index contributed by atoms with van der Waals surface area (Å²) in [6.07, 6.45) is 3.45. The SMILES string of the molecule is COc1ccc(CNC(=O)c2cnc(-c3cc(C(=O)NC4CC4)ccc3C)nc2N)cc1. The Morgan fingerprint density at radius 1 is 1.12 bits per heavy atom. The molecule has 0 spiro atoms. The fraction of sp³-hybridized carbons (Fsp3) is 0.250. The van der Waals surface area contributed by atoms with E-state index in [4.69, 9.17) is 10.5 Å². The first-order valence-electron chi connectivity index (χ1n) is 10.4. The fourth-order valence-electron chi connectivity index (χ4n) is 3.22. The van der Waals surface area contributed by atoms with Gasteiger partial charge in [0.05, 0.1) is 12.7 Å². The van der Waals surface area contributed by atoms with Crippen molar-refractivity contribution in [3.8, 4) is 17.1 Å². The summed E-state index contributed by atoms with van der Waals surface area (Å²) in [5.74, 6) is 0.718. The normalized spacial score (nSPS) is 12.8. The number of aromatic nitrogens is 2. The monoisotopic (exact) mass is 431 g/mol. The second-order valence-corrected chi connectivity index (χ2v) is 7.80. The van der Waals surface area contributed by atoms with Gasteiger partial charge in [-0.3, -0.25) is 9.59 Å². The number of amides is 2. The molecule has 1 aliphatic carbocycles. The number of ether oxygens (including phenoxy) is 1. The molecule has 32 heavy (non-hydrogen) atoms. The van der Waals surface area contributed by atoms with Crippen LogP contribution >= 0.6 is 0 Å². The minimum Gasteiger partial charge on any atom is -0.497 e. The molecule has 1 saturated carbocycles. The van der Waals surface area contributed by atoms with Gasteiger partial charge in [-0.1, -0.05) is 18.2 Å². The first kappa shape index (κ1) is 21.3. The van der Waals surface area contributed by atoms with E-state index in [1.165, 1.54) is 6.20 Å². The molecule has 2 aromatic carbocycles. The quantitative estimate of drug-likeness (QED) is 0.529. The molecule has 0 bridgehead atoms. The fourth-order valence-corrected chi connectivity index (χ4v) is 3.22. The van der Waals surface area contributed by atoms with Crippen molar-refractivity contribution in [1.29, 1.82) is 0 Å². The van der Waals surface area contributed by atoms with Crippen LogP contribution in [0.2, 0.25) is 0 Å². The number of nitrogens with zero attached hydrogens (tertiary/aromatic N) is 2. The van der Waals surface area contributed by atoms with Crippen LogP contribution in [0.4, 0.5) is 5.82 Å². The van der Waals surface area contributed by atoms with Gasteiger partial charge in [0.1, 0.15) is 11.6 Å². The van der Waals surface area contributed by atoms with E-state index in [0.29, 0.717) is 23.5 Å². The van der Waals surface area contributed by atoms with E-state index in [1.807, 2.05) is 37.3 Å². The maximum Gasteiger partial charge on any atom is 0.256 e. The van der Waals surface area contributed by atoms with E-state index in [1.54, 1.807) is 19.2 Å². The highest BCUT2D eigenvalue weighted by molar-refractivity contribution is 5.98. The Morgan fingerprint density at radius 2 is 1.88 bits per heavy atom. The number of hydrogen-bond acceptors (Lipinski definition) is 6. The van der Waals surface area contributed by atoms with Crippen molar-refractivity contribution in [3.05, 3.63) is 70.9 Å². The van der Waals surface area contributed by atoms with Crippen LogP contribution in [-0.4, -0.2) is 34.9 Å². The van der Waals surface area contributed by atoms with Crippen molar-refractivity contribution in [2.45, 2.75) is 32.4 Å². The Bertz CT molecular complexity index is 1160. The largest absolute Gasteiger partial charge is 0.497 e. The molecular formula is C24H25N5O3. The predicted molar refractivity (Wildman–Crippen MR) is 121 cm³/mol. The summed E-state index contributed by atoms with van der Waals surface area (Å²) in [5.41, 5.74) is 9.35. The summed E-state index contributed by atoms with van der Waals surface area (Å²) in [7, 11) is 1.60. The third-order valence-corrected chi connectivity index (χ3v) is 5.33. The minimum absolute atomic E-state index is 0.0782. The number of rotatable bonds is 7. The lowest BCUT2D eigenvalue weighted by Gasteiger charge is -2.11. The molecule has 0 unspecified atom stereocenters. The van der Waals surface area contributed by atoms with E-state index in [-0.39, 0.29) is 29.2 Å². The van der Waals surface area contributed by atoms with E-state index in [0.717, 1.165) is 29.7 Å². The number of carbonyl (C=O) groups excluding carboxylic acids is 2. The van der Waals surface area contributed by atoms with Gasteiger partial charge in [-0.25, -0.2) is 9.97 Å². The van der Waals surface area contributed by atoms with Crippen molar-refractivity contribution >= 4 is 17.6 Å². The molecule has 164 valence electrons. The average Bonchev–Trinajstić information content (AvgIpc) is 3.62. The number of nitrogen functional groups attached to an aromatic ring is 1. The molecule has 2 amide bonds. The number of nitrogens with two attached hydrogens (primary N) is 1. The molecule has 0 saturated heterocycles. The van der Waals surface area contributed by atoms with Gasteiger partial charge < -0.3 is 21.1 Å². The number of methoxy groups -OCH3 is 1. The van der Waals surface area contributed by atoms with Crippen molar-refractivity contribution in [2.75, 3.05) is 12.8 Å². The lowest BCUT2D eigenvalue weighted by atomic mass is 10.0. The number of nitrogens with one attached hydrogen (secondary N) is 2. The molecule has 3 aromatic rings. The molecule has 1 fully saturated rings. The van der Waals surface area contributed by atoms with Crippen molar-refractivity contribution in [1.82, 2.24) is 20.6 Å². The molecular weight excluding hydrogens is 406 g/mol. The topological polar surface area (TPSA) is 119 Å². The second-order valence-electron chi connectivity index (χ2n) is 7.80. The van der Waals surface area contributed by atoms with Crippen molar-refractivity contribution in [3.63, 3.8) is 0 Å². The first-order chi connectivity index (χ1) is 15.4. The molecule has 1 heterocycles. The Labute approximate surface area is 186 Å². The lowest BCUT2D eigenvalue weighted by Crippen LogP contribution is -2.25. The predicted octanol–water partition coefficient (Wildman–Crippen LogP) is 2.87. The van der Waals surface area contributed by atoms with Crippen LogP contribution in [0.5, 0.6) is 5.75 Å². The average molecular weight is 431 g/mol. The molecule has 0 radical (unpaired) electrons. The Balaban J connectivity index is 1.48. The number of aryl methyl sites for hydroxylation is 1. The van der Waals surface area contributed by atoms with E-state index in [9.17, 15) is 9.59 Å². The summed E-state index contributed by atoms with van der Waals surface area (Å²) in [4.78, 5) is 33.6. The summed E-state index contributed by atoms with van der Waals surface area (Å²) in [6.45, 7) is 2.24. The molecule has 0 atom stereocenters. The second kappa shape index (κ2) is 9.05. The van der Waals surface area contributed by atoms with Crippen LogP contribution in [0.15, 0.2) is 48.7 Å². The van der Waals surface area contributed by atoms with Gasteiger partial charge in [0.2, 0.25) is 0 Å². The van der Waals surface area contributed by atoms with Crippen LogP contribution in [-0.2, 0) is 6.54 Å². The zero-order valence-electron chi connectivity index (χ0n) is 18.0. The molecule has 8 nitrogen and oxygen atoms in total. The van der Waals surface area contributed by atoms with E-state index < -0.39 is 0 Å². The lowest BCUT2D eigenvalue weighted by molar-refractivity contribution is 0.0943. The van der Waals surface area contributed by atoms with Crippen molar-refractivity contribution < 1.29 is 14.3 Å². The summed E-state index contributed by atoms with van der Waals surface area (Å²) in [5, 5.41) is 5.79. The molecule has 4 N–H and O–H groups in total. The number of benzene rings is 2. The van der Waals surface area contributed by atoms with Crippen molar-refractivity contribution in [2.24, 2.45) is 0 Å². The van der Waals surface area contributed by atoms with Gasteiger partial charge >= 0.3 is 0 Å². The van der Waals surface area contributed by atoms with Gasteiger partial charge in [-0.2, -0.15) is 0 Å². The van der Waals surface area contributed by atoms with Gasteiger partial charge in [0.15, 0.2) is 5.82 Å². The van der Waals surface area contributed by atoms with Gasteiger partial charge in [0, 0.05) is 29.9 Å². The van der Waals surface area contributed by atoms with Crippen LogP contribution in [0, 0.1) is 6.92 Å². The smallest absolute Gasteiger partial charge is 0.256 e. The maximum atomic E-state index is 12.6. The molecule has 4 rings (SSSR count). The van der Waals surface area contributed by atoms with Crippen LogP contribution in [0.25, 0.3) is 11.4 Å². The molecule has 0 aliphatic heterocycles. The van der Waals surface area contributed by atoms with Crippen LogP contribution < -0.4 is 21.1 Å². The van der Waals surface area contributed by atoms with Crippen LogP contribution in [0.3, 0.4) is 0 Å². The highest BCUT2D eigenvalue weighted by atomic mass is 16.5. The molecule has 1 aromatic heterocycles. The first-order valence-corrected chi connectivity index (χ1v) is 10.4. The summed E-state index contributed by atoms with van der Waals surface area (Å²) in [6, 6.07) is 13.1. The molecule has 1 aliphatic rings. The third kappa shape index (κ3) is 4.85. The number of carbonyl (C=O) groups is 2. The Hall–Kier alpha value is -3.94. The Morgan fingerprint density at radius 3 is 2.53 bits per heavy atom. The van der Waals surface area contributed by atoms with E-state index >= 15 is 0 Å².